The number of rotatable bonds is 16. The van der Waals surface area contributed by atoms with Crippen molar-refractivity contribution in [3.05, 3.63) is 72.8 Å². The second-order valence-electron chi connectivity index (χ2n) is 11.4. The predicted octanol–water partition coefficient (Wildman–Crippen LogP) is 6.57. The minimum absolute atomic E-state index is 0.0150. The zero-order chi connectivity index (χ0) is 28.8. The van der Waals surface area contributed by atoms with Crippen molar-refractivity contribution in [2.24, 2.45) is 5.92 Å². The fraction of sp³-hybridized carbons (Fsp3) is 0.515. The number of ether oxygens (including phenoxy) is 3. The number of carbonyl (C=O) groups excluding carboxylic acids is 2. The average Bonchev–Trinajstić information content (AvgIpc) is 3.21. The van der Waals surface area contributed by atoms with Crippen molar-refractivity contribution >= 4 is 12.0 Å². The summed E-state index contributed by atoms with van der Waals surface area (Å²) in [5, 5.41) is 2.80. The number of allylic oxidation sites excluding steroid dienone is 1. The first-order valence-electron chi connectivity index (χ1n) is 14.5. The summed E-state index contributed by atoms with van der Waals surface area (Å²) < 4.78 is 17.2. The number of aryl methyl sites for hydroxylation is 1. The van der Waals surface area contributed by atoms with E-state index in [0.717, 1.165) is 50.0 Å². The topological polar surface area (TPSA) is 77.1 Å². The van der Waals surface area contributed by atoms with Crippen LogP contribution in [0.5, 0.6) is 11.5 Å². The van der Waals surface area contributed by atoms with Gasteiger partial charge in [0.05, 0.1) is 12.6 Å². The molecule has 7 nitrogen and oxygen atoms in total. The quantitative estimate of drug-likeness (QED) is 0.189. The SMILES string of the molecule is C=CC[C@@H]1C[C@@H](COc2ccc(CCCCNC(=O)OC(C)(C)C)cc2)N(CCCCOc2ccccc2)C1=O. The van der Waals surface area contributed by atoms with E-state index in [-0.39, 0.29) is 24.0 Å². The van der Waals surface area contributed by atoms with Crippen LogP contribution in [0.15, 0.2) is 67.3 Å². The number of hydrogen-bond donors (Lipinski definition) is 1. The van der Waals surface area contributed by atoms with Crippen LogP contribution in [0, 0.1) is 5.92 Å². The van der Waals surface area contributed by atoms with Gasteiger partial charge in [0.15, 0.2) is 0 Å². The van der Waals surface area contributed by atoms with Crippen molar-refractivity contribution in [1.29, 1.82) is 0 Å². The zero-order valence-electron chi connectivity index (χ0n) is 24.4. The van der Waals surface area contributed by atoms with Crippen LogP contribution in [0.2, 0.25) is 0 Å². The summed E-state index contributed by atoms with van der Waals surface area (Å²) >= 11 is 0. The van der Waals surface area contributed by atoms with Crippen LogP contribution < -0.4 is 14.8 Å². The van der Waals surface area contributed by atoms with Gasteiger partial charge in [0.25, 0.3) is 0 Å². The Kier molecular flexibility index (Phi) is 12.4. The molecule has 0 spiro atoms. The van der Waals surface area contributed by atoms with Crippen LogP contribution in [-0.4, -0.2) is 54.8 Å². The van der Waals surface area contributed by atoms with E-state index >= 15 is 0 Å². The molecule has 1 fully saturated rings. The fourth-order valence-corrected chi connectivity index (χ4v) is 4.81. The van der Waals surface area contributed by atoms with E-state index in [1.807, 2.05) is 74.2 Å². The Hall–Kier alpha value is -3.48. The summed E-state index contributed by atoms with van der Waals surface area (Å²) in [6, 6.07) is 18.0. The number of likely N-dealkylation sites (tertiary alicyclic amines) is 1. The lowest BCUT2D eigenvalue weighted by molar-refractivity contribution is -0.132. The Morgan fingerprint density at radius 3 is 2.42 bits per heavy atom. The molecule has 1 heterocycles. The lowest BCUT2D eigenvalue weighted by Gasteiger charge is -2.25. The van der Waals surface area contributed by atoms with Crippen molar-refractivity contribution < 1.29 is 23.8 Å². The van der Waals surface area contributed by atoms with E-state index < -0.39 is 5.60 Å². The van der Waals surface area contributed by atoms with E-state index in [4.69, 9.17) is 14.2 Å². The van der Waals surface area contributed by atoms with Crippen molar-refractivity contribution in [3.8, 4) is 11.5 Å². The Morgan fingerprint density at radius 1 is 1.00 bits per heavy atom. The molecule has 218 valence electrons. The molecule has 0 unspecified atom stereocenters. The van der Waals surface area contributed by atoms with Gasteiger partial charge in [-0.2, -0.15) is 0 Å². The summed E-state index contributed by atoms with van der Waals surface area (Å²) in [7, 11) is 0. The van der Waals surface area contributed by atoms with E-state index in [0.29, 0.717) is 32.7 Å². The van der Waals surface area contributed by atoms with Gasteiger partial charge < -0.3 is 24.4 Å². The minimum atomic E-state index is -0.481. The molecule has 3 rings (SSSR count). The third-order valence-electron chi connectivity index (χ3n) is 6.81. The largest absolute Gasteiger partial charge is 0.494 e. The zero-order valence-corrected chi connectivity index (χ0v) is 24.4. The normalized spacial score (nSPS) is 17.0. The third-order valence-corrected chi connectivity index (χ3v) is 6.81. The van der Waals surface area contributed by atoms with Crippen LogP contribution >= 0.6 is 0 Å². The van der Waals surface area contributed by atoms with Gasteiger partial charge in [0.2, 0.25) is 5.91 Å². The highest BCUT2D eigenvalue weighted by atomic mass is 16.6. The van der Waals surface area contributed by atoms with Gasteiger partial charge in [-0.25, -0.2) is 4.79 Å². The van der Waals surface area contributed by atoms with Crippen LogP contribution in [0.4, 0.5) is 4.79 Å². The number of nitrogens with one attached hydrogen (secondary N) is 1. The standard InChI is InChI=1S/C33H46N2O5/c1-5-13-27-24-28(35(31(27)36)22-11-12-23-38-29-15-7-6-8-16-29)25-39-30-19-17-26(18-20-30)14-9-10-21-34-32(37)40-33(2,3)4/h5-8,15-20,27-28H,1,9-14,21-25H2,2-4H3,(H,34,37)/t27-,28+/m1/s1. The van der Waals surface area contributed by atoms with Crippen molar-refractivity contribution in [2.45, 2.75) is 77.4 Å². The van der Waals surface area contributed by atoms with E-state index in [2.05, 4.69) is 24.0 Å². The fourth-order valence-electron chi connectivity index (χ4n) is 4.81. The molecule has 2 aromatic rings. The summed E-state index contributed by atoms with van der Waals surface area (Å²) in [5.41, 5.74) is 0.747. The number of para-hydroxylation sites is 1. The van der Waals surface area contributed by atoms with Gasteiger partial charge in [-0.1, -0.05) is 36.4 Å². The smallest absolute Gasteiger partial charge is 0.407 e. The van der Waals surface area contributed by atoms with Crippen molar-refractivity contribution in [2.75, 3.05) is 26.3 Å². The first kappa shape index (κ1) is 31.1. The molecule has 0 aliphatic carbocycles. The molecule has 1 saturated heterocycles. The maximum atomic E-state index is 13.1. The molecular formula is C33H46N2O5. The number of benzene rings is 2. The lowest BCUT2D eigenvalue weighted by atomic mass is 10.0. The van der Waals surface area contributed by atoms with Crippen LogP contribution in [0.25, 0.3) is 0 Å². The van der Waals surface area contributed by atoms with Gasteiger partial charge in [0, 0.05) is 19.0 Å². The number of carbonyl (C=O) groups is 2. The molecule has 7 heteroatoms. The molecule has 1 aliphatic heterocycles. The molecule has 1 aliphatic rings. The van der Waals surface area contributed by atoms with Gasteiger partial charge in [-0.3, -0.25) is 4.79 Å². The number of alkyl carbamates (subject to hydrolysis) is 1. The first-order valence-corrected chi connectivity index (χ1v) is 14.5. The lowest BCUT2D eigenvalue weighted by Crippen LogP contribution is -2.38. The number of amides is 2. The maximum absolute atomic E-state index is 13.1. The minimum Gasteiger partial charge on any atom is -0.494 e. The Morgan fingerprint density at radius 2 is 1.73 bits per heavy atom. The summed E-state index contributed by atoms with van der Waals surface area (Å²) in [5.74, 6) is 1.87. The van der Waals surface area contributed by atoms with Gasteiger partial charge in [0.1, 0.15) is 23.7 Å². The molecule has 0 radical (unpaired) electrons. The number of nitrogens with zero attached hydrogens (tertiary/aromatic N) is 1. The monoisotopic (exact) mass is 550 g/mol. The molecule has 1 N–H and O–H groups in total. The van der Waals surface area contributed by atoms with Crippen LogP contribution in [-0.2, 0) is 16.0 Å². The number of hydrogen-bond acceptors (Lipinski definition) is 5. The van der Waals surface area contributed by atoms with E-state index in [9.17, 15) is 9.59 Å². The summed E-state index contributed by atoms with van der Waals surface area (Å²) in [6.45, 7) is 11.8. The molecule has 0 bridgehead atoms. The summed E-state index contributed by atoms with van der Waals surface area (Å²) in [6.07, 6.45) is 7.51. The molecule has 0 aromatic heterocycles. The first-order chi connectivity index (χ1) is 19.2. The molecule has 2 amide bonds. The predicted molar refractivity (Wildman–Crippen MR) is 159 cm³/mol. The Labute approximate surface area is 239 Å². The third kappa shape index (κ3) is 10.9. The van der Waals surface area contributed by atoms with Gasteiger partial charge in [-0.15, -0.1) is 6.58 Å². The summed E-state index contributed by atoms with van der Waals surface area (Å²) in [4.78, 5) is 26.8. The Bertz CT molecular complexity index is 1050. The average molecular weight is 551 g/mol. The van der Waals surface area contributed by atoms with Crippen LogP contribution in [0.1, 0.15) is 64.9 Å². The highest BCUT2D eigenvalue weighted by molar-refractivity contribution is 5.81. The van der Waals surface area contributed by atoms with E-state index in [1.54, 1.807) is 0 Å². The van der Waals surface area contributed by atoms with E-state index in [1.165, 1.54) is 5.56 Å². The highest BCUT2D eigenvalue weighted by Crippen LogP contribution is 2.29. The second kappa shape index (κ2) is 15.9. The molecule has 0 saturated carbocycles. The molecule has 2 aromatic carbocycles. The Balaban J connectivity index is 1.38. The van der Waals surface area contributed by atoms with Gasteiger partial charge in [-0.05, 0) is 95.5 Å². The van der Waals surface area contributed by atoms with Crippen molar-refractivity contribution in [3.63, 3.8) is 0 Å². The van der Waals surface area contributed by atoms with Gasteiger partial charge >= 0.3 is 6.09 Å². The molecular weight excluding hydrogens is 504 g/mol. The highest BCUT2D eigenvalue weighted by Gasteiger charge is 2.38. The molecule has 2 atom stereocenters. The molecule has 40 heavy (non-hydrogen) atoms. The van der Waals surface area contributed by atoms with Crippen molar-refractivity contribution in [1.82, 2.24) is 10.2 Å². The second-order valence-corrected chi connectivity index (χ2v) is 11.4. The number of unbranched alkanes of at least 4 members (excludes halogenated alkanes) is 2. The van der Waals surface area contributed by atoms with Crippen LogP contribution in [0.3, 0.4) is 0 Å². The maximum Gasteiger partial charge on any atom is 0.407 e.